The van der Waals surface area contributed by atoms with Gasteiger partial charge < -0.3 is 10.8 Å². The second-order valence-corrected chi connectivity index (χ2v) is 6.21. The van der Waals surface area contributed by atoms with Crippen molar-refractivity contribution in [1.29, 1.82) is 0 Å². The summed E-state index contributed by atoms with van der Waals surface area (Å²) in [7, 11) is 0. The molecule has 0 aliphatic heterocycles. The van der Waals surface area contributed by atoms with Gasteiger partial charge in [-0.25, -0.2) is 0 Å². The van der Waals surface area contributed by atoms with E-state index in [9.17, 15) is 5.11 Å². The lowest BCUT2D eigenvalue weighted by Crippen LogP contribution is -2.61. The molecule has 0 saturated heterocycles. The highest BCUT2D eigenvalue weighted by molar-refractivity contribution is 5.08. The topological polar surface area (TPSA) is 46.2 Å². The van der Waals surface area contributed by atoms with Crippen molar-refractivity contribution in [2.75, 3.05) is 6.61 Å². The van der Waals surface area contributed by atoms with Gasteiger partial charge in [0.15, 0.2) is 0 Å². The summed E-state index contributed by atoms with van der Waals surface area (Å²) in [6.07, 6.45) is 3.86. The first-order valence-corrected chi connectivity index (χ1v) is 5.79. The van der Waals surface area contributed by atoms with E-state index in [1.807, 2.05) is 6.92 Å². The van der Waals surface area contributed by atoms with Gasteiger partial charge in [0.2, 0.25) is 0 Å². The predicted molar refractivity (Wildman–Crippen MR) is 57.8 cm³/mol. The van der Waals surface area contributed by atoms with Gasteiger partial charge in [0.05, 0.1) is 6.61 Å². The highest BCUT2D eigenvalue weighted by Gasteiger charge is 2.57. The van der Waals surface area contributed by atoms with E-state index in [0.717, 1.165) is 11.8 Å². The highest BCUT2D eigenvalue weighted by atomic mass is 16.3. The molecule has 3 saturated carbocycles. The highest BCUT2D eigenvalue weighted by Crippen LogP contribution is 2.62. The summed E-state index contributed by atoms with van der Waals surface area (Å²) >= 11 is 0. The molecule has 0 heterocycles. The van der Waals surface area contributed by atoms with Crippen LogP contribution in [-0.4, -0.2) is 17.3 Å². The quantitative estimate of drug-likeness (QED) is 0.708. The summed E-state index contributed by atoms with van der Waals surface area (Å²) < 4.78 is 0. The zero-order chi connectivity index (χ0) is 10.6. The van der Waals surface area contributed by atoms with Crippen LogP contribution in [0.3, 0.4) is 0 Å². The molecule has 4 unspecified atom stereocenters. The Morgan fingerprint density at radius 1 is 1.43 bits per heavy atom. The van der Waals surface area contributed by atoms with Crippen LogP contribution in [0, 0.1) is 23.2 Å². The molecule has 2 heteroatoms. The van der Waals surface area contributed by atoms with E-state index in [1.165, 1.54) is 19.3 Å². The minimum atomic E-state index is -0.368. The third-order valence-electron chi connectivity index (χ3n) is 5.05. The molecule has 4 atom stereocenters. The van der Waals surface area contributed by atoms with Crippen LogP contribution >= 0.6 is 0 Å². The number of fused-ring (bicyclic) bond motifs is 2. The molecule has 2 nitrogen and oxygen atoms in total. The van der Waals surface area contributed by atoms with Crippen molar-refractivity contribution in [2.45, 2.75) is 45.6 Å². The molecule has 0 aromatic heterocycles. The Balaban J connectivity index is 2.15. The number of aliphatic hydroxyl groups excluding tert-OH is 1. The van der Waals surface area contributed by atoms with Crippen molar-refractivity contribution in [1.82, 2.24) is 0 Å². The van der Waals surface area contributed by atoms with Crippen molar-refractivity contribution < 1.29 is 5.11 Å². The summed E-state index contributed by atoms with van der Waals surface area (Å²) in [5.74, 6) is 2.18. The first-order valence-electron chi connectivity index (χ1n) is 5.79. The molecule has 14 heavy (non-hydrogen) atoms. The van der Waals surface area contributed by atoms with Crippen LogP contribution in [0.1, 0.15) is 40.0 Å². The summed E-state index contributed by atoms with van der Waals surface area (Å²) in [5.41, 5.74) is 6.28. The molecule has 3 aliphatic rings. The normalized spacial score (nSPS) is 43.9. The Bertz CT molecular complexity index is 232. The van der Waals surface area contributed by atoms with Crippen molar-refractivity contribution in [3.8, 4) is 0 Å². The summed E-state index contributed by atoms with van der Waals surface area (Å²) in [6, 6.07) is 0. The van der Waals surface area contributed by atoms with Crippen LogP contribution in [0.4, 0.5) is 0 Å². The van der Waals surface area contributed by atoms with E-state index in [4.69, 9.17) is 5.73 Å². The van der Waals surface area contributed by atoms with Gasteiger partial charge in [-0.15, -0.1) is 0 Å². The predicted octanol–water partition coefficient (Wildman–Crippen LogP) is 1.77. The Morgan fingerprint density at radius 2 is 2.07 bits per heavy atom. The molecule has 2 bridgehead atoms. The number of nitrogens with two attached hydrogens (primary N) is 1. The van der Waals surface area contributed by atoms with Gasteiger partial charge in [-0.05, 0) is 49.4 Å². The maximum atomic E-state index is 9.33. The van der Waals surface area contributed by atoms with Crippen LogP contribution in [0.15, 0.2) is 0 Å². The molecule has 3 fully saturated rings. The van der Waals surface area contributed by atoms with Gasteiger partial charge in [-0.3, -0.25) is 0 Å². The first-order chi connectivity index (χ1) is 6.39. The van der Waals surface area contributed by atoms with Crippen molar-refractivity contribution in [3.63, 3.8) is 0 Å². The Morgan fingerprint density at radius 3 is 2.50 bits per heavy atom. The Kier molecular flexibility index (Phi) is 2.20. The van der Waals surface area contributed by atoms with Crippen LogP contribution < -0.4 is 5.73 Å². The van der Waals surface area contributed by atoms with E-state index in [1.54, 1.807) is 0 Å². The fraction of sp³-hybridized carbons (Fsp3) is 1.00. The molecular weight excluding hydrogens is 174 g/mol. The second kappa shape index (κ2) is 2.96. The lowest BCUT2D eigenvalue weighted by molar-refractivity contribution is -0.129. The number of rotatable bonds is 2. The van der Waals surface area contributed by atoms with Crippen molar-refractivity contribution in [2.24, 2.45) is 28.9 Å². The molecule has 3 rings (SSSR count). The monoisotopic (exact) mass is 197 g/mol. The second-order valence-electron chi connectivity index (χ2n) is 6.21. The molecule has 82 valence electrons. The van der Waals surface area contributed by atoms with Gasteiger partial charge in [-0.2, -0.15) is 0 Å². The fourth-order valence-electron chi connectivity index (χ4n) is 3.72. The van der Waals surface area contributed by atoms with Gasteiger partial charge in [0.25, 0.3) is 0 Å². The van der Waals surface area contributed by atoms with Gasteiger partial charge in [0, 0.05) is 5.54 Å². The number of hydrogen-bond acceptors (Lipinski definition) is 2. The summed E-state index contributed by atoms with van der Waals surface area (Å²) in [5, 5.41) is 9.33. The van der Waals surface area contributed by atoms with Gasteiger partial charge in [-0.1, -0.05) is 13.8 Å². The molecular formula is C12H23NO. The smallest absolute Gasteiger partial charge is 0.0611 e. The largest absolute Gasteiger partial charge is 0.394 e. The van der Waals surface area contributed by atoms with Crippen LogP contribution in [0.2, 0.25) is 0 Å². The van der Waals surface area contributed by atoms with Gasteiger partial charge in [0.1, 0.15) is 0 Å². The molecule has 0 radical (unpaired) electrons. The maximum absolute atomic E-state index is 9.33. The average molecular weight is 197 g/mol. The lowest BCUT2D eigenvalue weighted by atomic mass is 9.43. The zero-order valence-corrected chi connectivity index (χ0v) is 9.59. The minimum absolute atomic E-state index is 0.120. The zero-order valence-electron chi connectivity index (χ0n) is 9.59. The van der Waals surface area contributed by atoms with E-state index >= 15 is 0 Å². The molecule has 3 aliphatic carbocycles. The standard InChI is InChI=1S/C12H23NO/c1-11(2)8-4-5-9(10(11)6-8)12(3,13)7-14/h8-10,14H,4-7,13H2,1-3H3. The fourth-order valence-corrected chi connectivity index (χ4v) is 3.72. The van der Waals surface area contributed by atoms with E-state index < -0.39 is 0 Å². The Hall–Kier alpha value is -0.0800. The van der Waals surface area contributed by atoms with Gasteiger partial charge >= 0.3 is 0 Å². The summed E-state index contributed by atoms with van der Waals surface area (Å²) in [6.45, 7) is 6.86. The van der Waals surface area contributed by atoms with E-state index in [-0.39, 0.29) is 12.1 Å². The van der Waals surface area contributed by atoms with Crippen LogP contribution in [0.5, 0.6) is 0 Å². The molecule has 3 N–H and O–H groups in total. The summed E-state index contributed by atoms with van der Waals surface area (Å²) in [4.78, 5) is 0. The molecule has 0 aromatic rings. The molecule has 0 amide bonds. The van der Waals surface area contributed by atoms with Crippen molar-refractivity contribution >= 4 is 0 Å². The molecule has 0 spiro atoms. The number of aliphatic hydroxyl groups is 1. The number of hydrogen-bond donors (Lipinski definition) is 2. The third-order valence-corrected chi connectivity index (χ3v) is 5.05. The van der Waals surface area contributed by atoms with E-state index in [0.29, 0.717) is 11.3 Å². The maximum Gasteiger partial charge on any atom is 0.0611 e. The Labute approximate surface area is 86.9 Å². The minimum Gasteiger partial charge on any atom is -0.394 e. The van der Waals surface area contributed by atoms with Crippen molar-refractivity contribution in [3.05, 3.63) is 0 Å². The SMILES string of the molecule is CC(N)(CO)C1CCC2CC1C2(C)C. The third kappa shape index (κ3) is 1.24. The molecule has 0 aromatic carbocycles. The first kappa shape index (κ1) is 10.4. The van der Waals surface area contributed by atoms with Crippen LogP contribution in [-0.2, 0) is 0 Å². The lowest BCUT2D eigenvalue weighted by Gasteiger charge is -2.62. The van der Waals surface area contributed by atoms with Crippen LogP contribution in [0.25, 0.3) is 0 Å². The van der Waals surface area contributed by atoms with E-state index in [2.05, 4.69) is 13.8 Å². The average Bonchev–Trinajstić information content (AvgIpc) is 2.17.